The van der Waals surface area contributed by atoms with Crippen molar-refractivity contribution in [2.24, 2.45) is 11.7 Å². The van der Waals surface area contributed by atoms with E-state index in [1.165, 1.54) is 12.2 Å². The number of allylic oxidation sites excluding steroid dienone is 2. The number of carbonyl (C=O) groups is 2. The van der Waals surface area contributed by atoms with E-state index < -0.39 is 23.4 Å². The topological polar surface area (TPSA) is 101 Å². The monoisotopic (exact) mass is 259 g/mol. The average molecular weight is 259 g/mol. The van der Waals surface area contributed by atoms with Crippen LogP contribution in [0.1, 0.15) is 5.56 Å². The number of nitrogens with two attached hydrogens (primary N) is 1. The van der Waals surface area contributed by atoms with E-state index in [0.717, 1.165) is 5.56 Å². The minimum atomic E-state index is -1.91. The van der Waals surface area contributed by atoms with E-state index in [-0.39, 0.29) is 0 Å². The van der Waals surface area contributed by atoms with Crippen LogP contribution >= 0.6 is 0 Å². The summed E-state index contributed by atoms with van der Waals surface area (Å²) >= 11 is 0. The molecule has 5 nitrogen and oxygen atoms in total. The summed E-state index contributed by atoms with van der Waals surface area (Å²) in [4.78, 5) is 22.4. The standard InChI is InChI=1S/C14H13NO4/c15-14(13(18)19)7-6-10(8-11(14)12(16)17)9-4-2-1-3-5-9/h1-8,11H,15H2,(H,16,17)(H,18,19). The third-order valence-electron chi connectivity index (χ3n) is 3.14. The molecule has 19 heavy (non-hydrogen) atoms. The van der Waals surface area contributed by atoms with E-state index in [0.29, 0.717) is 5.57 Å². The molecule has 1 aromatic rings. The van der Waals surface area contributed by atoms with E-state index in [2.05, 4.69) is 0 Å². The minimum absolute atomic E-state index is 0.648. The van der Waals surface area contributed by atoms with Crippen LogP contribution in [0.25, 0.3) is 5.57 Å². The van der Waals surface area contributed by atoms with Crippen molar-refractivity contribution in [2.45, 2.75) is 5.54 Å². The second kappa shape index (κ2) is 4.70. The second-order valence-corrected chi connectivity index (χ2v) is 4.38. The Balaban J connectivity index is 2.45. The fraction of sp³-hybridized carbons (Fsp3) is 0.143. The molecule has 0 spiro atoms. The molecule has 2 rings (SSSR count). The predicted octanol–water partition coefficient (Wildman–Crippen LogP) is 1.12. The number of benzene rings is 1. The molecule has 0 heterocycles. The highest BCUT2D eigenvalue weighted by Gasteiger charge is 2.45. The minimum Gasteiger partial charge on any atom is -0.481 e. The molecule has 0 fully saturated rings. The van der Waals surface area contributed by atoms with Gasteiger partial charge in [-0.1, -0.05) is 48.6 Å². The summed E-state index contributed by atoms with van der Waals surface area (Å²) in [6.45, 7) is 0. The van der Waals surface area contributed by atoms with E-state index in [9.17, 15) is 9.59 Å². The Hall–Kier alpha value is -2.40. The van der Waals surface area contributed by atoms with Gasteiger partial charge in [-0.05, 0) is 11.1 Å². The van der Waals surface area contributed by atoms with E-state index in [1.807, 2.05) is 30.3 Å². The Morgan fingerprint density at radius 2 is 1.79 bits per heavy atom. The van der Waals surface area contributed by atoms with Crippen LogP contribution in [0.15, 0.2) is 48.6 Å². The van der Waals surface area contributed by atoms with Crippen molar-refractivity contribution in [1.29, 1.82) is 0 Å². The number of hydrogen-bond donors (Lipinski definition) is 3. The first-order chi connectivity index (χ1) is 8.95. The van der Waals surface area contributed by atoms with Crippen molar-refractivity contribution in [3.05, 3.63) is 54.1 Å². The van der Waals surface area contributed by atoms with Crippen LogP contribution in [0, 0.1) is 5.92 Å². The van der Waals surface area contributed by atoms with Gasteiger partial charge in [0.2, 0.25) is 0 Å². The van der Waals surface area contributed by atoms with Crippen molar-refractivity contribution >= 4 is 17.5 Å². The third kappa shape index (κ3) is 2.28. The lowest BCUT2D eigenvalue weighted by Gasteiger charge is -2.29. The molecule has 1 aromatic carbocycles. The quantitative estimate of drug-likeness (QED) is 0.755. The summed E-state index contributed by atoms with van der Waals surface area (Å²) < 4.78 is 0. The van der Waals surface area contributed by atoms with Gasteiger partial charge in [-0.15, -0.1) is 0 Å². The van der Waals surface area contributed by atoms with Crippen molar-refractivity contribution < 1.29 is 19.8 Å². The first-order valence-corrected chi connectivity index (χ1v) is 5.66. The Morgan fingerprint density at radius 1 is 1.16 bits per heavy atom. The summed E-state index contributed by atoms with van der Waals surface area (Å²) in [7, 11) is 0. The molecule has 4 N–H and O–H groups in total. The molecule has 0 radical (unpaired) electrons. The lowest BCUT2D eigenvalue weighted by atomic mass is 9.78. The van der Waals surface area contributed by atoms with Gasteiger partial charge in [-0.25, -0.2) is 4.79 Å². The third-order valence-corrected chi connectivity index (χ3v) is 3.14. The van der Waals surface area contributed by atoms with Crippen molar-refractivity contribution in [1.82, 2.24) is 0 Å². The first-order valence-electron chi connectivity index (χ1n) is 5.66. The summed E-state index contributed by atoms with van der Waals surface area (Å²) in [6, 6.07) is 9.12. The summed E-state index contributed by atoms with van der Waals surface area (Å²) in [5, 5.41) is 18.3. The Bertz CT molecular complexity index is 576. The van der Waals surface area contributed by atoms with Gasteiger partial charge in [0.25, 0.3) is 0 Å². The van der Waals surface area contributed by atoms with Crippen LogP contribution in [0.4, 0.5) is 0 Å². The molecule has 0 saturated carbocycles. The van der Waals surface area contributed by atoms with Crippen molar-refractivity contribution in [3.63, 3.8) is 0 Å². The summed E-state index contributed by atoms with van der Waals surface area (Å²) in [5.41, 5.74) is 5.23. The Labute approximate surface area is 109 Å². The molecule has 0 aliphatic heterocycles. The highest BCUT2D eigenvalue weighted by Crippen LogP contribution is 2.30. The predicted molar refractivity (Wildman–Crippen MR) is 69.2 cm³/mol. The maximum absolute atomic E-state index is 11.2. The number of aliphatic carboxylic acids is 2. The molecule has 2 atom stereocenters. The molecule has 0 aromatic heterocycles. The molecule has 0 amide bonds. The summed E-state index contributed by atoms with van der Waals surface area (Å²) in [6.07, 6.45) is 4.16. The number of hydrogen-bond acceptors (Lipinski definition) is 3. The van der Waals surface area contributed by atoms with E-state index in [4.69, 9.17) is 15.9 Å². The SMILES string of the molecule is NC1(C(=O)O)C=CC(c2ccccc2)=CC1C(=O)O. The molecule has 98 valence electrons. The molecular formula is C14H13NO4. The van der Waals surface area contributed by atoms with Crippen LogP contribution in [-0.2, 0) is 9.59 Å². The van der Waals surface area contributed by atoms with Gasteiger partial charge < -0.3 is 15.9 Å². The van der Waals surface area contributed by atoms with Gasteiger partial charge in [0.05, 0.1) is 0 Å². The molecule has 5 heteroatoms. The normalized spacial score (nSPS) is 25.7. The van der Waals surface area contributed by atoms with Gasteiger partial charge in [-0.3, -0.25) is 4.79 Å². The lowest BCUT2D eigenvalue weighted by molar-refractivity contribution is -0.151. The fourth-order valence-corrected chi connectivity index (χ4v) is 2.01. The number of carboxylic acid groups (broad SMARTS) is 2. The Morgan fingerprint density at radius 3 is 2.32 bits per heavy atom. The smallest absolute Gasteiger partial charge is 0.328 e. The summed E-state index contributed by atoms with van der Waals surface area (Å²) in [5.74, 6) is -3.92. The molecule has 0 bridgehead atoms. The number of carboxylic acids is 2. The molecular weight excluding hydrogens is 246 g/mol. The Kier molecular flexibility index (Phi) is 3.23. The van der Waals surface area contributed by atoms with Gasteiger partial charge in [-0.2, -0.15) is 0 Å². The van der Waals surface area contributed by atoms with E-state index in [1.54, 1.807) is 6.08 Å². The molecule has 1 aliphatic rings. The zero-order valence-electron chi connectivity index (χ0n) is 9.98. The zero-order chi connectivity index (χ0) is 14.0. The van der Waals surface area contributed by atoms with Gasteiger partial charge >= 0.3 is 11.9 Å². The van der Waals surface area contributed by atoms with Gasteiger partial charge in [0.1, 0.15) is 5.92 Å². The first kappa shape index (κ1) is 13.0. The van der Waals surface area contributed by atoms with Crippen molar-refractivity contribution in [3.8, 4) is 0 Å². The highest BCUT2D eigenvalue weighted by molar-refractivity contribution is 5.94. The average Bonchev–Trinajstić information content (AvgIpc) is 2.39. The van der Waals surface area contributed by atoms with Gasteiger partial charge in [0.15, 0.2) is 5.54 Å². The highest BCUT2D eigenvalue weighted by atomic mass is 16.4. The lowest BCUT2D eigenvalue weighted by Crippen LogP contribution is -2.55. The van der Waals surface area contributed by atoms with Crippen LogP contribution in [0.3, 0.4) is 0 Å². The zero-order valence-corrected chi connectivity index (χ0v) is 9.98. The van der Waals surface area contributed by atoms with Crippen LogP contribution < -0.4 is 5.73 Å². The van der Waals surface area contributed by atoms with Crippen molar-refractivity contribution in [2.75, 3.05) is 0 Å². The largest absolute Gasteiger partial charge is 0.481 e. The second-order valence-electron chi connectivity index (χ2n) is 4.38. The van der Waals surface area contributed by atoms with Gasteiger partial charge in [0, 0.05) is 0 Å². The van der Waals surface area contributed by atoms with Crippen LogP contribution in [0.2, 0.25) is 0 Å². The molecule has 1 aliphatic carbocycles. The molecule has 2 unspecified atom stereocenters. The maximum Gasteiger partial charge on any atom is 0.328 e. The number of rotatable bonds is 3. The maximum atomic E-state index is 11.2. The van der Waals surface area contributed by atoms with Crippen LogP contribution in [0.5, 0.6) is 0 Å². The van der Waals surface area contributed by atoms with Crippen LogP contribution in [-0.4, -0.2) is 27.7 Å². The fourth-order valence-electron chi connectivity index (χ4n) is 2.01. The molecule has 0 saturated heterocycles. The van der Waals surface area contributed by atoms with E-state index >= 15 is 0 Å².